The van der Waals surface area contributed by atoms with Gasteiger partial charge in [-0.1, -0.05) is 30.8 Å². The van der Waals surface area contributed by atoms with Gasteiger partial charge in [0.15, 0.2) is 0 Å². The maximum Gasteiger partial charge on any atom is 0.261 e. The first kappa shape index (κ1) is 13.8. The Morgan fingerprint density at radius 2 is 2.10 bits per heavy atom. The van der Waals surface area contributed by atoms with E-state index in [4.69, 9.17) is 0 Å². The Bertz CT molecular complexity index is 839. The maximum absolute atomic E-state index is 12.3. The van der Waals surface area contributed by atoms with E-state index in [9.17, 15) is 4.79 Å². The average Bonchev–Trinajstić information content (AvgIpc) is 2.97. The molecule has 0 radical (unpaired) electrons. The summed E-state index contributed by atoms with van der Waals surface area (Å²) in [5.74, 6) is 2.13. The van der Waals surface area contributed by atoms with Gasteiger partial charge in [0.2, 0.25) is 5.16 Å². The molecule has 1 aromatic carbocycles. The standard InChI is InChI=1S/C14H15N5OS/c1-3-11-16-14(18-17-11)21-8-12-15-10-7-5-4-6-9(10)13(20)19(12)2/h4-7H,3,8H2,1-2H3,(H,16,17,18). The first-order chi connectivity index (χ1) is 10.2. The van der Waals surface area contributed by atoms with E-state index in [1.54, 1.807) is 17.7 Å². The van der Waals surface area contributed by atoms with Crippen molar-refractivity contribution in [2.75, 3.05) is 0 Å². The van der Waals surface area contributed by atoms with Gasteiger partial charge in [-0.05, 0) is 12.1 Å². The van der Waals surface area contributed by atoms with Crippen LogP contribution in [0.1, 0.15) is 18.6 Å². The van der Waals surface area contributed by atoms with Gasteiger partial charge >= 0.3 is 0 Å². The van der Waals surface area contributed by atoms with Gasteiger partial charge in [0, 0.05) is 13.5 Å². The summed E-state index contributed by atoms with van der Waals surface area (Å²) in [5, 5.41) is 8.32. The third-order valence-corrected chi connectivity index (χ3v) is 4.10. The highest BCUT2D eigenvalue weighted by molar-refractivity contribution is 7.98. The van der Waals surface area contributed by atoms with Gasteiger partial charge in [-0.15, -0.1) is 5.10 Å². The minimum atomic E-state index is -0.0274. The summed E-state index contributed by atoms with van der Waals surface area (Å²) in [5.41, 5.74) is 0.695. The first-order valence-electron chi connectivity index (χ1n) is 6.67. The molecule has 0 atom stereocenters. The van der Waals surface area contributed by atoms with Crippen LogP contribution in [-0.4, -0.2) is 24.7 Å². The number of aromatic nitrogens is 5. The topological polar surface area (TPSA) is 76.5 Å². The number of benzene rings is 1. The SMILES string of the molecule is CCc1nc(SCc2nc3ccccc3c(=O)n2C)n[nH]1. The second-order valence-corrected chi connectivity index (χ2v) is 5.56. The van der Waals surface area contributed by atoms with Crippen LogP contribution in [0.2, 0.25) is 0 Å². The molecule has 3 aromatic rings. The molecule has 0 spiro atoms. The van der Waals surface area contributed by atoms with Crippen molar-refractivity contribution in [2.24, 2.45) is 7.05 Å². The molecule has 7 heteroatoms. The van der Waals surface area contributed by atoms with Gasteiger partial charge in [0.1, 0.15) is 11.6 Å². The van der Waals surface area contributed by atoms with E-state index in [0.717, 1.165) is 17.8 Å². The van der Waals surface area contributed by atoms with Gasteiger partial charge in [-0.2, -0.15) is 0 Å². The normalized spacial score (nSPS) is 11.1. The van der Waals surface area contributed by atoms with E-state index >= 15 is 0 Å². The average molecular weight is 301 g/mol. The predicted octanol–water partition coefficient (Wildman–Crippen LogP) is 1.91. The van der Waals surface area contributed by atoms with E-state index < -0.39 is 0 Å². The molecule has 21 heavy (non-hydrogen) atoms. The van der Waals surface area contributed by atoms with E-state index in [2.05, 4.69) is 20.2 Å². The fraction of sp³-hybridized carbons (Fsp3) is 0.286. The van der Waals surface area contributed by atoms with Crippen LogP contribution in [0, 0.1) is 0 Å². The predicted molar refractivity (Wildman–Crippen MR) is 82.3 cm³/mol. The molecule has 0 fully saturated rings. The van der Waals surface area contributed by atoms with E-state index in [0.29, 0.717) is 22.1 Å². The summed E-state index contributed by atoms with van der Waals surface area (Å²) in [6, 6.07) is 7.38. The van der Waals surface area contributed by atoms with Crippen LogP contribution in [-0.2, 0) is 19.2 Å². The minimum absolute atomic E-state index is 0.0274. The van der Waals surface area contributed by atoms with Crippen molar-refractivity contribution in [3.8, 4) is 0 Å². The zero-order valence-corrected chi connectivity index (χ0v) is 12.6. The number of para-hydroxylation sites is 1. The Hall–Kier alpha value is -2.15. The van der Waals surface area contributed by atoms with Gasteiger partial charge in [0.25, 0.3) is 5.56 Å². The molecule has 0 saturated heterocycles. The Kier molecular flexibility index (Phi) is 3.74. The second-order valence-electron chi connectivity index (χ2n) is 4.62. The number of nitrogens with zero attached hydrogens (tertiary/aromatic N) is 4. The zero-order valence-electron chi connectivity index (χ0n) is 11.8. The molecule has 0 aliphatic heterocycles. The van der Waals surface area contributed by atoms with Gasteiger partial charge in [-0.3, -0.25) is 14.5 Å². The number of thioether (sulfide) groups is 1. The first-order valence-corrected chi connectivity index (χ1v) is 7.66. The van der Waals surface area contributed by atoms with Crippen LogP contribution in [0.4, 0.5) is 0 Å². The summed E-state index contributed by atoms with van der Waals surface area (Å²) in [4.78, 5) is 21.2. The van der Waals surface area contributed by atoms with Crippen LogP contribution in [0.15, 0.2) is 34.2 Å². The molecule has 0 amide bonds. The Labute approximate surface area is 125 Å². The van der Waals surface area contributed by atoms with E-state index in [-0.39, 0.29) is 5.56 Å². The zero-order chi connectivity index (χ0) is 14.8. The van der Waals surface area contributed by atoms with Crippen LogP contribution in [0.5, 0.6) is 0 Å². The molecule has 6 nitrogen and oxygen atoms in total. The lowest BCUT2D eigenvalue weighted by atomic mass is 10.2. The highest BCUT2D eigenvalue weighted by atomic mass is 32.2. The summed E-state index contributed by atoms with van der Waals surface area (Å²) < 4.78 is 1.59. The molecule has 108 valence electrons. The number of fused-ring (bicyclic) bond motifs is 1. The van der Waals surface area contributed by atoms with Crippen molar-refractivity contribution in [3.05, 3.63) is 46.3 Å². The molecular weight excluding hydrogens is 286 g/mol. The fourth-order valence-electron chi connectivity index (χ4n) is 2.02. The van der Waals surface area contributed by atoms with Crippen LogP contribution < -0.4 is 5.56 Å². The summed E-state index contributed by atoms with van der Waals surface area (Å²) in [6.45, 7) is 2.02. The monoisotopic (exact) mass is 301 g/mol. The lowest BCUT2D eigenvalue weighted by Gasteiger charge is -2.07. The van der Waals surface area contributed by atoms with Crippen molar-refractivity contribution in [1.29, 1.82) is 0 Å². The Balaban J connectivity index is 1.90. The van der Waals surface area contributed by atoms with Crippen molar-refractivity contribution < 1.29 is 0 Å². The highest BCUT2D eigenvalue weighted by Crippen LogP contribution is 2.18. The Morgan fingerprint density at radius 3 is 2.86 bits per heavy atom. The molecular formula is C14H15N5OS. The van der Waals surface area contributed by atoms with E-state index in [1.165, 1.54) is 11.8 Å². The number of aromatic amines is 1. The summed E-state index contributed by atoms with van der Waals surface area (Å²) in [7, 11) is 1.74. The third-order valence-electron chi connectivity index (χ3n) is 3.25. The lowest BCUT2D eigenvalue weighted by Crippen LogP contribution is -2.21. The molecule has 0 saturated carbocycles. The Morgan fingerprint density at radius 1 is 1.29 bits per heavy atom. The molecule has 0 aliphatic rings. The van der Waals surface area contributed by atoms with Gasteiger partial charge in [0.05, 0.1) is 16.7 Å². The van der Waals surface area contributed by atoms with Crippen LogP contribution in [0.3, 0.4) is 0 Å². The third kappa shape index (κ3) is 2.69. The fourth-order valence-corrected chi connectivity index (χ4v) is 2.82. The molecule has 2 aromatic heterocycles. The molecule has 0 bridgehead atoms. The van der Waals surface area contributed by atoms with Gasteiger partial charge < -0.3 is 0 Å². The molecule has 0 unspecified atom stereocenters. The molecule has 3 rings (SSSR count). The number of nitrogens with one attached hydrogen (secondary N) is 1. The highest BCUT2D eigenvalue weighted by Gasteiger charge is 2.10. The van der Waals surface area contributed by atoms with Crippen LogP contribution >= 0.6 is 11.8 Å². The molecule has 2 heterocycles. The second kappa shape index (κ2) is 5.69. The smallest absolute Gasteiger partial charge is 0.261 e. The number of H-pyrrole nitrogens is 1. The van der Waals surface area contributed by atoms with E-state index in [1.807, 2.05) is 25.1 Å². The lowest BCUT2D eigenvalue weighted by molar-refractivity contribution is 0.784. The van der Waals surface area contributed by atoms with Gasteiger partial charge in [-0.25, -0.2) is 9.97 Å². The summed E-state index contributed by atoms with van der Waals surface area (Å²) in [6.07, 6.45) is 0.820. The minimum Gasteiger partial charge on any atom is -0.299 e. The van der Waals surface area contributed by atoms with Crippen molar-refractivity contribution >= 4 is 22.7 Å². The van der Waals surface area contributed by atoms with Crippen LogP contribution in [0.25, 0.3) is 10.9 Å². The summed E-state index contributed by atoms with van der Waals surface area (Å²) >= 11 is 1.47. The van der Waals surface area contributed by atoms with Crippen molar-refractivity contribution in [3.63, 3.8) is 0 Å². The number of hydrogen-bond acceptors (Lipinski definition) is 5. The number of hydrogen-bond donors (Lipinski definition) is 1. The quantitative estimate of drug-likeness (QED) is 0.745. The number of rotatable bonds is 4. The van der Waals surface area contributed by atoms with Crippen molar-refractivity contribution in [1.82, 2.24) is 24.7 Å². The number of aryl methyl sites for hydroxylation is 1. The molecule has 1 N–H and O–H groups in total. The maximum atomic E-state index is 12.3. The van der Waals surface area contributed by atoms with Crippen molar-refractivity contribution in [2.45, 2.75) is 24.3 Å². The largest absolute Gasteiger partial charge is 0.299 e. The molecule has 0 aliphatic carbocycles.